The van der Waals surface area contributed by atoms with Gasteiger partial charge in [0.25, 0.3) is 5.91 Å². The van der Waals surface area contributed by atoms with Crippen LogP contribution in [0.25, 0.3) is 0 Å². The quantitative estimate of drug-likeness (QED) is 0.179. The Hall–Kier alpha value is -4.32. The maximum atomic E-state index is 12.4. The molecule has 0 radical (unpaired) electrons. The molecule has 1 fully saturated rings. The van der Waals surface area contributed by atoms with Crippen molar-refractivity contribution in [2.45, 2.75) is 52.4 Å². The number of hydrogen-bond donors (Lipinski definition) is 4. The van der Waals surface area contributed by atoms with E-state index in [2.05, 4.69) is 79.8 Å². The molecule has 1 aliphatic rings. The summed E-state index contributed by atoms with van der Waals surface area (Å²) in [4.78, 5) is 42.9. The van der Waals surface area contributed by atoms with Crippen molar-refractivity contribution in [3.8, 4) is 5.75 Å². The van der Waals surface area contributed by atoms with Crippen LogP contribution in [0.3, 0.4) is 0 Å². The summed E-state index contributed by atoms with van der Waals surface area (Å²) in [6, 6.07) is 9.70. The van der Waals surface area contributed by atoms with Crippen molar-refractivity contribution in [3.63, 3.8) is 0 Å². The third-order valence-electron chi connectivity index (χ3n) is 7.60. The smallest absolute Gasteiger partial charge is 0.267 e. The highest BCUT2D eigenvalue weighted by atomic mass is 16.5. The van der Waals surface area contributed by atoms with E-state index in [0.717, 1.165) is 57.8 Å². The van der Waals surface area contributed by atoms with Crippen LogP contribution in [-0.2, 0) is 11.2 Å². The Morgan fingerprint density at radius 2 is 1.73 bits per heavy atom. The number of carbonyl (C=O) groups excluding carboxylic acids is 2. The number of likely N-dealkylation sites (tertiary alicyclic amines) is 1. The number of nitrogens with zero attached hydrogens (tertiary/aromatic N) is 5. The summed E-state index contributed by atoms with van der Waals surface area (Å²) in [5.41, 5.74) is 8.51. The number of piperidine rings is 1. The lowest BCUT2D eigenvalue weighted by molar-refractivity contribution is -0.120. The summed E-state index contributed by atoms with van der Waals surface area (Å²) >= 11 is 0. The first-order chi connectivity index (χ1) is 21.3. The predicted molar refractivity (Wildman–Crippen MR) is 171 cm³/mol. The Morgan fingerprint density at radius 1 is 1.00 bits per heavy atom. The zero-order chi connectivity index (χ0) is 31.3. The molecule has 3 heterocycles. The lowest BCUT2D eigenvalue weighted by atomic mass is 9.97. The largest absolute Gasteiger partial charge is 0.493 e. The topological polar surface area (TPSA) is 160 Å². The normalized spacial score (nSPS) is 13.9. The number of anilines is 2. The Balaban J connectivity index is 1.08. The van der Waals surface area contributed by atoms with Crippen LogP contribution in [0.2, 0.25) is 0 Å². The van der Waals surface area contributed by atoms with Crippen molar-refractivity contribution < 1.29 is 14.3 Å². The van der Waals surface area contributed by atoms with E-state index in [1.807, 2.05) is 0 Å². The fourth-order valence-electron chi connectivity index (χ4n) is 5.09. The standard InChI is InChI=1S/C32H45N9O3/c1-22(2)26-6-5-23(3)19-28(26)44-21-24-9-17-41(18-10-24)16-4-11-35-31-36-12-7-25(39-31)20-29(42)34-14-15-38-32-37-13-8-27(40-32)30(33)43/h5-8,12-13,19,22,24H,4,9-11,14-18,20-21H2,1-3H3,(H2,33,43)(H,34,42)(H,35,36,39)(H,37,38,40). The summed E-state index contributed by atoms with van der Waals surface area (Å²) < 4.78 is 6.30. The minimum atomic E-state index is -0.626. The highest BCUT2D eigenvalue weighted by Gasteiger charge is 2.20. The summed E-state index contributed by atoms with van der Waals surface area (Å²) in [6.45, 7) is 12.0. The molecule has 0 aliphatic carbocycles. The first-order valence-corrected chi connectivity index (χ1v) is 15.4. The molecular formula is C32H45N9O3. The molecule has 5 N–H and O–H groups in total. The van der Waals surface area contributed by atoms with Crippen LogP contribution in [0.15, 0.2) is 42.7 Å². The maximum Gasteiger partial charge on any atom is 0.267 e. The van der Waals surface area contributed by atoms with Gasteiger partial charge in [0.15, 0.2) is 0 Å². The molecule has 0 saturated carbocycles. The van der Waals surface area contributed by atoms with Gasteiger partial charge >= 0.3 is 0 Å². The number of amides is 2. The van der Waals surface area contributed by atoms with E-state index in [-0.39, 0.29) is 24.0 Å². The van der Waals surface area contributed by atoms with Crippen molar-refractivity contribution >= 4 is 23.7 Å². The number of carbonyl (C=O) groups is 2. The van der Waals surface area contributed by atoms with E-state index in [1.165, 1.54) is 23.4 Å². The highest BCUT2D eigenvalue weighted by Crippen LogP contribution is 2.29. The first-order valence-electron chi connectivity index (χ1n) is 15.4. The van der Waals surface area contributed by atoms with Crippen LogP contribution in [0.4, 0.5) is 11.9 Å². The van der Waals surface area contributed by atoms with Crippen molar-refractivity contribution in [2.75, 3.05) is 56.5 Å². The molecule has 1 saturated heterocycles. The van der Waals surface area contributed by atoms with E-state index in [1.54, 1.807) is 12.3 Å². The second kappa shape index (κ2) is 16.5. The summed E-state index contributed by atoms with van der Waals surface area (Å²) in [6.07, 6.45) is 6.53. The molecule has 2 amide bonds. The molecule has 12 nitrogen and oxygen atoms in total. The molecule has 1 aromatic carbocycles. The average molecular weight is 604 g/mol. The molecule has 2 aromatic heterocycles. The van der Waals surface area contributed by atoms with Crippen LogP contribution < -0.4 is 26.4 Å². The molecule has 0 bridgehead atoms. The summed E-state index contributed by atoms with van der Waals surface area (Å²) in [7, 11) is 0. The molecule has 236 valence electrons. The van der Waals surface area contributed by atoms with Crippen molar-refractivity contribution in [1.29, 1.82) is 0 Å². The number of primary amides is 1. The third-order valence-corrected chi connectivity index (χ3v) is 7.60. The minimum absolute atomic E-state index is 0.125. The molecule has 0 atom stereocenters. The first kappa shape index (κ1) is 32.6. The lowest BCUT2D eigenvalue weighted by Crippen LogP contribution is -2.36. The number of hydrogen-bond acceptors (Lipinski definition) is 10. The monoisotopic (exact) mass is 603 g/mol. The van der Waals surface area contributed by atoms with Gasteiger partial charge in [0.05, 0.1) is 18.7 Å². The Kier molecular flexibility index (Phi) is 12.2. The van der Waals surface area contributed by atoms with E-state index in [4.69, 9.17) is 10.5 Å². The fourth-order valence-corrected chi connectivity index (χ4v) is 5.09. The van der Waals surface area contributed by atoms with E-state index < -0.39 is 5.91 Å². The van der Waals surface area contributed by atoms with Gasteiger partial charge in [0, 0.05) is 32.0 Å². The molecule has 1 aliphatic heterocycles. The second-order valence-corrected chi connectivity index (χ2v) is 11.5. The number of rotatable bonds is 16. The predicted octanol–water partition coefficient (Wildman–Crippen LogP) is 3.16. The Labute approximate surface area is 259 Å². The highest BCUT2D eigenvalue weighted by molar-refractivity contribution is 5.90. The number of benzene rings is 1. The Bertz CT molecular complexity index is 1380. The van der Waals surface area contributed by atoms with Gasteiger partial charge in [0.1, 0.15) is 11.4 Å². The van der Waals surface area contributed by atoms with Gasteiger partial charge in [-0.1, -0.05) is 26.0 Å². The number of aromatic nitrogens is 4. The average Bonchev–Trinajstić information content (AvgIpc) is 3.01. The number of nitrogens with two attached hydrogens (primary N) is 1. The van der Waals surface area contributed by atoms with Gasteiger partial charge in [-0.15, -0.1) is 0 Å². The van der Waals surface area contributed by atoms with Gasteiger partial charge in [-0.2, -0.15) is 0 Å². The van der Waals surface area contributed by atoms with Gasteiger partial charge in [0.2, 0.25) is 17.8 Å². The van der Waals surface area contributed by atoms with Crippen LogP contribution in [0, 0.1) is 12.8 Å². The zero-order valence-electron chi connectivity index (χ0n) is 26.0. The van der Waals surface area contributed by atoms with Crippen molar-refractivity contribution in [3.05, 3.63) is 65.2 Å². The van der Waals surface area contributed by atoms with Gasteiger partial charge in [-0.25, -0.2) is 19.9 Å². The summed E-state index contributed by atoms with van der Waals surface area (Å²) in [5, 5.41) is 9.07. The van der Waals surface area contributed by atoms with Crippen LogP contribution >= 0.6 is 0 Å². The summed E-state index contributed by atoms with van der Waals surface area (Å²) in [5.74, 6) is 2.09. The van der Waals surface area contributed by atoms with E-state index in [9.17, 15) is 9.59 Å². The van der Waals surface area contributed by atoms with Gasteiger partial charge in [-0.05, 0) is 87.0 Å². The third kappa shape index (κ3) is 10.4. The Morgan fingerprint density at radius 3 is 2.48 bits per heavy atom. The van der Waals surface area contributed by atoms with Crippen LogP contribution in [-0.4, -0.2) is 82.5 Å². The van der Waals surface area contributed by atoms with Gasteiger partial charge < -0.3 is 31.3 Å². The molecule has 0 unspecified atom stereocenters. The fraction of sp³-hybridized carbons (Fsp3) is 0.500. The lowest BCUT2D eigenvalue weighted by Gasteiger charge is -2.32. The minimum Gasteiger partial charge on any atom is -0.493 e. The van der Waals surface area contributed by atoms with Crippen LogP contribution in [0.5, 0.6) is 5.75 Å². The number of nitrogens with one attached hydrogen (secondary N) is 3. The van der Waals surface area contributed by atoms with Crippen molar-refractivity contribution in [1.82, 2.24) is 30.2 Å². The van der Waals surface area contributed by atoms with Crippen LogP contribution in [0.1, 0.15) is 66.3 Å². The molecule has 0 spiro atoms. The number of ether oxygens (including phenoxy) is 1. The second-order valence-electron chi connectivity index (χ2n) is 11.5. The molecular weight excluding hydrogens is 558 g/mol. The van der Waals surface area contributed by atoms with E-state index >= 15 is 0 Å². The number of aryl methyl sites for hydroxylation is 1. The van der Waals surface area contributed by atoms with E-state index in [0.29, 0.717) is 36.6 Å². The van der Waals surface area contributed by atoms with Crippen molar-refractivity contribution in [2.24, 2.45) is 11.7 Å². The molecule has 12 heteroatoms. The zero-order valence-corrected chi connectivity index (χ0v) is 26.0. The van der Waals surface area contributed by atoms with Gasteiger partial charge in [-0.3, -0.25) is 9.59 Å². The molecule has 4 rings (SSSR count). The molecule has 3 aromatic rings. The SMILES string of the molecule is Cc1ccc(C(C)C)c(OCC2CCN(CCCNc3nccc(CC(=O)NCCNc4nccc(C(N)=O)n4)n3)CC2)c1. The maximum absolute atomic E-state index is 12.4. The molecule has 44 heavy (non-hydrogen) atoms.